The first-order chi connectivity index (χ1) is 11.2. The average molecular weight is 311 g/mol. The standard InChI is InChI=1S/C18H21N3O2/c22-17(20-11-15-7-3-1-4-8-15)13-19-14-18(23)21-12-16-9-5-2-6-10-16/h1-10,19H,11-14H2,(H,20,22)(H,21,23). The Morgan fingerprint density at radius 3 is 1.43 bits per heavy atom. The highest BCUT2D eigenvalue weighted by atomic mass is 16.2. The lowest BCUT2D eigenvalue weighted by molar-refractivity contribution is -0.121. The molecule has 0 atom stereocenters. The Balaban J connectivity index is 1.57. The second kappa shape index (κ2) is 9.38. The van der Waals surface area contributed by atoms with Crippen LogP contribution in [0.3, 0.4) is 0 Å². The summed E-state index contributed by atoms with van der Waals surface area (Å²) >= 11 is 0. The highest BCUT2D eigenvalue weighted by molar-refractivity contribution is 5.81. The fourth-order valence-electron chi connectivity index (χ4n) is 2.01. The van der Waals surface area contributed by atoms with E-state index in [0.717, 1.165) is 11.1 Å². The van der Waals surface area contributed by atoms with Gasteiger partial charge < -0.3 is 10.6 Å². The highest BCUT2D eigenvalue weighted by Crippen LogP contribution is 1.97. The molecule has 2 rings (SSSR count). The van der Waals surface area contributed by atoms with Crippen molar-refractivity contribution in [3.63, 3.8) is 0 Å². The predicted molar refractivity (Wildman–Crippen MR) is 89.4 cm³/mol. The largest absolute Gasteiger partial charge is 0.351 e. The van der Waals surface area contributed by atoms with Crippen LogP contribution in [0.4, 0.5) is 0 Å². The van der Waals surface area contributed by atoms with Crippen molar-refractivity contribution in [1.29, 1.82) is 0 Å². The monoisotopic (exact) mass is 311 g/mol. The number of benzene rings is 2. The van der Waals surface area contributed by atoms with Crippen LogP contribution in [-0.2, 0) is 22.7 Å². The molecule has 0 aliphatic carbocycles. The summed E-state index contributed by atoms with van der Waals surface area (Å²) < 4.78 is 0. The molecular formula is C18H21N3O2. The second-order valence-corrected chi connectivity index (χ2v) is 5.13. The van der Waals surface area contributed by atoms with E-state index in [-0.39, 0.29) is 24.9 Å². The molecule has 3 N–H and O–H groups in total. The van der Waals surface area contributed by atoms with Gasteiger partial charge in [0.15, 0.2) is 0 Å². The fourth-order valence-corrected chi connectivity index (χ4v) is 2.01. The van der Waals surface area contributed by atoms with Crippen molar-refractivity contribution < 1.29 is 9.59 Å². The van der Waals surface area contributed by atoms with E-state index in [4.69, 9.17) is 0 Å². The van der Waals surface area contributed by atoms with Crippen molar-refractivity contribution in [3.05, 3.63) is 71.8 Å². The fraction of sp³-hybridized carbons (Fsp3) is 0.222. The lowest BCUT2D eigenvalue weighted by Crippen LogP contribution is -2.39. The van der Waals surface area contributed by atoms with Gasteiger partial charge in [0, 0.05) is 13.1 Å². The van der Waals surface area contributed by atoms with E-state index >= 15 is 0 Å². The van der Waals surface area contributed by atoms with Gasteiger partial charge in [-0.05, 0) is 11.1 Å². The quantitative estimate of drug-likeness (QED) is 0.686. The van der Waals surface area contributed by atoms with Crippen molar-refractivity contribution in [1.82, 2.24) is 16.0 Å². The van der Waals surface area contributed by atoms with Crippen LogP contribution in [0.25, 0.3) is 0 Å². The highest BCUT2D eigenvalue weighted by Gasteiger charge is 2.04. The topological polar surface area (TPSA) is 70.2 Å². The maximum absolute atomic E-state index is 11.7. The van der Waals surface area contributed by atoms with Crippen LogP contribution in [0.1, 0.15) is 11.1 Å². The first-order valence-corrected chi connectivity index (χ1v) is 7.56. The van der Waals surface area contributed by atoms with Crippen molar-refractivity contribution >= 4 is 11.8 Å². The van der Waals surface area contributed by atoms with Crippen molar-refractivity contribution in [3.8, 4) is 0 Å². The summed E-state index contributed by atoms with van der Waals surface area (Å²) in [5, 5.41) is 8.43. The SMILES string of the molecule is O=C(CNCC(=O)NCc1ccccc1)NCc1ccccc1. The van der Waals surface area contributed by atoms with Gasteiger partial charge in [0.1, 0.15) is 0 Å². The van der Waals surface area contributed by atoms with Gasteiger partial charge in [0.05, 0.1) is 13.1 Å². The summed E-state index contributed by atoms with van der Waals surface area (Å²) in [5.41, 5.74) is 2.09. The first-order valence-electron chi connectivity index (χ1n) is 7.56. The van der Waals surface area contributed by atoms with E-state index in [1.165, 1.54) is 0 Å². The number of carbonyl (C=O) groups is 2. The zero-order chi connectivity index (χ0) is 16.3. The number of nitrogens with one attached hydrogen (secondary N) is 3. The maximum Gasteiger partial charge on any atom is 0.234 e. The Labute approximate surface area is 136 Å². The molecule has 0 aliphatic heterocycles. The third-order valence-corrected chi connectivity index (χ3v) is 3.24. The summed E-state index contributed by atoms with van der Waals surface area (Å²) in [6.07, 6.45) is 0. The molecule has 5 heteroatoms. The zero-order valence-electron chi connectivity index (χ0n) is 12.9. The van der Waals surface area contributed by atoms with Crippen LogP contribution in [0.15, 0.2) is 60.7 Å². The number of amides is 2. The molecule has 0 radical (unpaired) electrons. The van der Waals surface area contributed by atoms with Crippen LogP contribution in [0.2, 0.25) is 0 Å². The molecule has 2 aromatic rings. The van der Waals surface area contributed by atoms with Crippen LogP contribution in [0, 0.1) is 0 Å². The van der Waals surface area contributed by atoms with Crippen molar-refractivity contribution in [2.24, 2.45) is 0 Å². The van der Waals surface area contributed by atoms with Gasteiger partial charge in [-0.25, -0.2) is 0 Å². The van der Waals surface area contributed by atoms with Gasteiger partial charge in [-0.15, -0.1) is 0 Å². The van der Waals surface area contributed by atoms with E-state index < -0.39 is 0 Å². The molecule has 0 unspecified atom stereocenters. The average Bonchev–Trinajstić information content (AvgIpc) is 2.60. The molecule has 0 saturated carbocycles. The molecule has 0 spiro atoms. The normalized spacial score (nSPS) is 10.1. The molecule has 5 nitrogen and oxygen atoms in total. The summed E-state index contributed by atoms with van der Waals surface area (Å²) in [6, 6.07) is 19.4. The molecule has 2 amide bonds. The molecular weight excluding hydrogens is 290 g/mol. The predicted octanol–water partition coefficient (Wildman–Crippen LogP) is 1.21. The van der Waals surface area contributed by atoms with Gasteiger partial charge in [-0.2, -0.15) is 0 Å². The van der Waals surface area contributed by atoms with Gasteiger partial charge >= 0.3 is 0 Å². The number of carbonyl (C=O) groups excluding carboxylic acids is 2. The molecule has 0 heterocycles. The summed E-state index contributed by atoms with van der Waals surface area (Å²) in [5.74, 6) is -0.269. The summed E-state index contributed by atoms with van der Waals surface area (Å²) in [6.45, 7) is 1.21. The lowest BCUT2D eigenvalue weighted by atomic mass is 10.2. The van der Waals surface area contributed by atoms with E-state index in [2.05, 4.69) is 16.0 Å². The van der Waals surface area contributed by atoms with Crippen LogP contribution < -0.4 is 16.0 Å². The number of hydrogen-bond donors (Lipinski definition) is 3. The molecule has 0 aliphatic rings. The Hall–Kier alpha value is -2.66. The minimum atomic E-state index is -0.135. The van der Waals surface area contributed by atoms with Crippen LogP contribution in [0.5, 0.6) is 0 Å². The smallest absolute Gasteiger partial charge is 0.234 e. The Morgan fingerprint density at radius 2 is 1.04 bits per heavy atom. The summed E-state index contributed by atoms with van der Waals surface area (Å²) in [7, 11) is 0. The van der Waals surface area contributed by atoms with Gasteiger partial charge in [-0.3, -0.25) is 14.9 Å². The lowest BCUT2D eigenvalue weighted by Gasteiger charge is -2.08. The molecule has 0 bridgehead atoms. The van der Waals surface area contributed by atoms with Crippen molar-refractivity contribution in [2.45, 2.75) is 13.1 Å². The zero-order valence-corrected chi connectivity index (χ0v) is 12.9. The molecule has 2 aromatic carbocycles. The van der Waals surface area contributed by atoms with E-state index in [1.54, 1.807) is 0 Å². The summed E-state index contributed by atoms with van der Waals surface area (Å²) in [4.78, 5) is 23.3. The van der Waals surface area contributed by atoms with Crippen LogP contribution >= 0.6 is 0 Å². The van der Waals surface area contributed by atoms with E-state index in [0.29, 0.717) is 13.1 Å². The van der Waals surface area contributed by atoms with Crippen molar-refractivity contribution in [2.75, 3.05) is 13.1 Å². The Morgan fingerprint density at radius 1 is 0.652 bits per heavy atom. The van der Waals surface area contributed by atoms with Gasteiger partial charge in [-0.1, -0.05) is 60.7 Å². The Kier molecular flexibility index (Phi) is 6.81. The number of rotatable bonds is 8. The van der Waals surface area contributed by atoms with Gasteiger partial charge in [0.2, 0.25) is 11.8 Å². The minimum absolute atomic E-state index is 0.117. The third-order valence-electron chi connectivity index (χ3n) is 3.24. The maximum atomic E-state index is 11.7. The molecule has 120 valence electrons. The van der Waals surface area contributed by atoms with E-state index in [9.17, 15) is 9.59 Å². The molecule has 0 fully saturated rings. The second-order valence-electron chi connectivity index (χ2n) is 5.13. The molecule has 0 saturated heterocycles. The van der Waals surface area contributed by atoms with Gasteiger partial charge in [0.25, 0.3) is 0 Å². The third kappa shape index (κ3) is 6.76. The minimum Gasteiger partial charge on any atom is -0.351 e. The first kappa shape index (κ1) is 16.7. The Bertz CT molecular complexity index is 559. The van der Waals surface area contributed by atoms with Crippen LogP contribution in [-0.4, -0.2) is 24.9 Å². The molecule has 0 aromatic heterocycles. The molecule has 23 heavy (non-hydrogen) atoms. The van der Waals surface area contributed by atoms with E-state index in [1.807, 2.05) is 60.7 Å². The number of hydrogen-bond acceptors (Lipinski definition) is 3.